The van der Waals surface area contributed by atoms with Crippen LogP contribution in [0.4, 0.5) is 0 Å². The molecule has 0 aliphatic heterocycles. The van der Waals surface area contributed by atoms with Crippen molar-refractivity contribution < 1.29 is 14.3 Å². The fourth-order valence-corrected chi connectivity index (χ4v) is 3.32. The smallest absolute Gasteiger partial charge is 0.274 e. The van der Waals surface area contributed by atoms with E-state index in [1.54, 1.807) is 37.4 Å². The fraction of sp³-hybridized carbons (Fsp3) is 0.167. The predicted molar refractivity (Wildman–Crippen MR) is 120 cm³/mol. The average Bonchev–Trinajstić information content (AvgIpc) is 3.28. The highest BCUT2D eigenvalue weighted by Gasteiger charge is 2.22. The lowest BCUT2D eigenvalue weighted by atomic mass is 10.1. The molecule has 32 heavy (non-hydrogen) atoms. The van der Waals surface area contributed by atoms with Crippen molar-refractivity contribution in [3.8, 4) is 28.4 Å². The summed E-state index contributed by atoms with van der Waals surface area (Å²) < 4.78 is 12.3. The Hall–Kier alpha value is -4.20. The van der Waals surface area contributed by atoms with Gasteiger partial charge < -0.3 is 14.8 Å². The van der Waals surface area contributed by atoms with Gasteiger partial charge in [-0.3, -0.25) is 9.78 Å². The molecule has 0 radical (unpaired) electrons. The van der Waals surface area contributed by atoms with Crippen LogP contribution in [0.25, 0.3) is 16.9 Å². The standard InChI is InChI=1S/C24H23N5O3/c1-16-6-9-19(10-7-16)29-23(18-5-4-12-25-15-18)22(27-28-29)24(30)26-14-17-8-11-20(31-2)21(13-17)32-3/h4-13,15H,14H2,1-3H3,(H,26,30). The first-order valence-electron chi connectivity index (χ1n) is 10.0. The Balaban J connectivity index is 1.64. The van der Waals surface area contributed by atoms with Crippen LogP contribution < -0.4 is 14.8 Å². The topological polar surface area (TPSA) is 91.2 Å². The van der Waals surface area contributed by atoms with E-state index in [-0.39, 0.29) is 11.6 Å². The molecule has 8 nitrogen and oxygen atoms in total. The van der Waals surface area contributed by atoms with Crippen molar-refractivity contribution in [2.75, 3.05) is 14.2 Å². The van der Waals surface area contributed by atoms with Crippen LogP contribution in [0.1, 0.15) is 21.6 Å². The Morgan fingerprint density at radius 3 is 2.50 bits per heavy atom. The third-order valence-electron chi connectivity index (χ3n) is 5.00. The number of carbonyl (C=O) groups is 1. The predicted octanol–water partition coefficient (Wildman–Crippen LogP) is 3.58. The second-order valence-corrected chi connectivity index (χ2v) is 7.15. The summed E-state index contributed by atoms with van der Waals surface area (Å²) in [6.07, 6.45) is 3.37. The van der Waals surface area contributed by atoms with Crippen LogP contribution in [0.15, 0.2) is 67.0 Å². The highest BCUT2D eigenvalue weighted by Crippen LogP contribution is 2.28. The molecule has 4 rings (SSSR count). The van der Waals surface area contributed by atoms with Crippen molar-refractivity contribution in [3.05, 3.63) is 83.8 Å². The van der Waals surface area contributed by atoms with Gasteiger partial charge in [0.15, 0.2) is 17.2 Å². The number of hydrogen-bond donors (Lipinski definition) is 1. The van der Waals surface area contributed by atoms with Gasteiger partial charge >= 0.3 is 0 Å². The van der Waals surface area contributed by atoms with Gasteiger partial charge in [0.05, 0.1) is 19.9 Å². The summed E-state index contributed by atoms with van der Waals surface area (Å²) in [5, 5.41) is 11.4. The van der Waals surface area contributed by atoms with Crippen LogP contribution in [0.2, 0.25) is 0 Å². The van der Waals surface area contributed by atoms with Crippen LogP contribution >= 0.6 is 0 Å². The van der Waals surface area contributed by atoms with E-state index in [1.807, 2.05) is 55.5 Å². The number of hydrogen-bond acceptors (Lipinski definition) is 6. The van der Waals surface area contributed by atoms with Gasteiger partial charge in [0.25, 0.3) is 5.91 Å². The van der Waals surface area contributed by atoms with Gasteiger partial charge in [-0.1, -0.05) is 29.0 Å². The summed E-state index contributed by atoms with van der Waals surface area (Å²) in [4.78, 5) is 17.3. The lowest BCUT2D eigenvalue weighted by Crippen LogP contribution is -2.24. The van der Waals surface area contributed by atoms with Gasteiger partial charge in [-0.05, 0) is 48.9 Å². The molecule has 0 atom stereocenters. The highest BCUT2D eigenvalue weighted by atomic mass is 16.5. The molecular weight excluding hydrogens is 406 g/mol. The Morgan fingerprint density at radius 2 is 1.81 bits per heavy atom. The zero-order valence-electron chi connectivity index (χ0n) is 18.1. The minimum absolute atomic E-state index is 0.221. The quantitative estimate of drug-likeness (QED) is 0.483. The summed E-state index contributed by atoms with van der Waals surface area (Å²) in [6, 6.07) is 17.0. The van der Waals surface area contributed by atoms with Crippen LogP contribution in [-0.2, 0) is 6.54 Å². The number of nitrogens with zero attached hydrogens (tertiary/aromatic N) is 4. The minimum Gasteiger partial charge on any atom is -0.493 e. The zero-order chi connectivity index (χ0) is 22.5. The van der Waals surface area contributed by atoms with E-state index in [2.05, 4.69) is 20.6 Å². The van der Waals surface area contributed by atoms with Crippen LogP contribution in [-0.4, -0.2) is 40.1 Å². The third kappa shape index (κ3) is 4.29. The minimum atomic E-state index is -0.336. The number of ether oxygens (including phenoxy) is 2. The van der Waals surface area contributed by atoms with E-state index in [1.165, 1.54) is 0 Å². The zero-order valence-corrected chi connectivity index (χ0v) is 18.1. The van der Waals surface area contributed by atoms with Crippen molar-refractivity contribution in [2.24, 2.45) is 0 Å². The van der Waals surface area contributed by atoms with Crippen molar-refractivity contribution >= 4 is 5.91 Å². The summed E-state index contributed by atoms with van der Waals surface area (Å²) in [5.74, 6) is 0.889. The Labute approximate surface area is 185 Å². The Kier molecular flexibility index (Phi) is 6.12. The van der Waals surface area contributed by atoms with Crippen molar-refractivity contribution in [2.45, 2.75) is 13.5 Å². The molecule has 162 valence electrons. The SMILES string of the molecule is COc1ccc(CNC(=O)c2nnn(-c3ccc(C)cc3)c2-c2cccnc2)cc1OC. The normalized spacial score (nSPS) is 10.6. The molecule has 0 unspecified atom stereocenters. The summed E-state index contributed by atoms with van der Waals surface area (Å²) >= 11 is 0. The maximum atomic E-state index is 13.1. The van der Waals surface area contributed by atoms with E-state index in [0.717, 1.165) is 22.4 Å². The summed E-state index contributed by atoms with van der Waals surface area (Å²) in [7, 11) is 3.15. The molecule has 2 aromatic carbocycles. The Bertz CT molecular complexity index is 1220. The lowest BCUT2D eigenvalue weighted by molar-refractivity contribution is 0.0946. The van der Waals surface area contributed by atoms with Gasteiger partial charge in [-0.25, -0.2) is 4.68 Å². The highest BCUT2D eigenvalue weighted by molar-refractivity contribution is 5.98. The van der Waals surface area contributed by atoms with Crippen LogP contribution in [0.3, 0.4) is 0 Å². The lowest BCUT2D eigenvalue weighted by Gasteiger charge is -2.11. The molecule has 0 spiro atoms. The number of benzene rings is 2. The fourth-order valence-electron chi connectivity index (χ4n) is 3.32. The molecule has 2 heterocycles. The number of amides is 1. The van der Waals surface area contributed by atoms with Gasteiger partial charge in [0, 0.05) is 24.5 Å². The molecule has 1 N–H and O–H groups in total. The maximum Gasteiger partial charge on any atom is 0.274 e. The Morgan fingerprint density at radius 1 is 1.03 bits per heavy atom. The summed E-state index contributed by atoms with van der Waals surface area (Å²) in [6.45, 7) is 2.31. The summed E-state index contributed by atoms with van der Waals surface area (Å²) in [5.41, 5.74) is 4.34. The van der Waals surface area contributed by atoms with Crippen LogP contribution in [0, 0.1) is 6.92 Å². The molecule has 0 aliphatic carbocycles. The molecule has 1 amide bonds. The molecule has 0 saturated heterocycles. The van der Waals surface area contributed by atoms with E-state index < -0.39 is 0 Å². The first kappa shape index (κ1) is 21.0. The largest absolute Gasteiger partial charge is 0.493 e. The molecule has 2 aromatic heterocycles. The molecule has 0 aliphatic rings. The second-order valence-electron chi connectivity index (χ2n) is 7.15. The van der Waals surface area contributed by atoms with Gasteiger partial charge in [-0.2, -0.15) is 0 Å². The monoisotopic (exact) mass is 429 g/mol. The number of methoxy groups -OCH3 is 2. The number of carbonyl (C=O) groups excluding carboxylic acids is 1. The van der Waals surface area contributed by atoms with E-state index in [4.69, 9.17) is 9.47 Å². The molecular formula is C24H23N5O3. The van der Waals surface area contributed by atoms with E-state index in [0.29, 0.717) is 23.7 Å². The molecule has 0 bridgehead atoms. The van der Waals surface area contributed by atoms with E-state index >= 15 is 0 Å². The first-order chi connectivity index (χ1) is 15.6. The molecule has 4 aromatic rings. The van der Waals surface area contributed by atoms with Gasteiger partial charge in [0.1, 0.15) is 5.69 Å². The van der Waals surface area contributed by atoms with Crippen molar-refractivity contribution in [3.63, 3.8) is 0 Å². The maximum absolute atomic E-state index is 13.1. The number of aryl methyl sites for hydroxylation is 1. The van der Waals surface area contributed by atoms with Gasteiger partial charge in [-0.15, -0.1) is 5.10 Å². The van der Waals surface area contributed by atoms with Crippen molar-refractivity contribution in [1.29, 1.82) is 0 Å². The molecule has 8 heteroatoms. The number of nitrogens with one attached hydrogen (secondary N) is 1. The first-order valence-corrected chi connectivity index (χ1v) is 10.0. The molecule has 0 fully saturated rings. The van der Waals surface area contributed by atoms with Gasteiger partial charge in [0.2, 0.25) is 0 Å². The average molecular weight is 429 g/mol. The van der Waals surface area contributed by atoms with Crippen molar-refractivity contribution in [1.82, 2.24) is 25.3 Å². The number of aromatic nitrogens is 4. The molecule has 0 saturated carbocycles. The number of pyridine rings is 1. The third-order valence-corrected chi connectivity index (χ3v) is 5.00. The van der Waals surface area contributed by atoms with Crippen LogP contribution in [0.5, 0.6) is 11.5 Å². The van der Waals surface area contributed by atoms with E-state index in [9.17, 15) is 4.79 Å². The second kappa shape index (κ2) is 9.30. The number of rotatable bonds is 7.